The molecular formula is C17H17N3O. The van der Waals surface area contributed by atoms with Crippen molar-refractivity contribution >= 4 is 5.69 Å². The zero-order chi connectivity index (χ0) is 14.7. The topological polar surface area (TPSA) is 49.9 Å². The molecule has 3 rings (SSSR count). The highest BCUT2D eigenvalue weighted by Gasteiger charge is 2.04. The summed E-state index contributed by atoms with van der Waals surface area (Å²) in [5, 5.41) is 3.08. The molecule has 3 aromatic rings. The molecule has 0 radical (unpaired) electrons. The Labute approximate surface area is 123 Å². The van der Waals surface area contributed by atoms with Crippen molar-refractivity contribution in [1.29, 1.82) is 0 Å². The van der Waals surface area contributed by atoms with E-state index in [1.54, 1.807) is 6.20 Å². The van der Waals surface area contributed by atoms with E-state index in [1.165, 1.54) is 5.56 Å². The Balaban J connectivity index is 1.82. The van der Waals surface area contributed by atoms with Gasteiger partial charge in [0.05, 0.1) is 11.4 Å². The van der Waals surface area contributed by atoms with E-state index in [0.717, 1.165) is 28.6 Å². The number of hydrogen-bond acceptors (Lipinski definition) is 3. The van der Waals surface area contributed by atoms with E-state index < -0.39 is 0 Å². The third-order valence-corrected chi connectivity index (χ3v) is 3.21. The summed E-state index contributed by atoms with van der Waals surface area (Å²) in [7, 11) is 1.89. The second-order valence-corrected chi connectivity index (χ2v) is 4.84. The van der Waals surface area contributed by atoms with Gasteiger partial charge in [-0.3, -0.25) is 4.98 Å². The second kappa shape index (κ2) is 5.71. The van der Waals surface area contributed by atoms with Crippen LogP contribution < -0.4 is 10.1 Å². The van der Waals surface area contributed by atoms with Crippen LogP contribution in [0.4, 0.5) is 5.69 Å². The molecule has 4 nitrogen and oxygen atoms in total. The molecule has 0 aliphatic carbocycles. The van der Waals surface area contributed by atoms with Gasteiger partial charge in [0.2, 0.25) is 0 Å². The number of anilines is 1. The average Bonchev–Trinajstić information content (AvgIpc) is 2.95. The third-order valence-electron chi connectivity index (χ3n) is 3.21. The molecule has 4 heteroatoms. The van der Waals surface area contributed by atoms with Gasteiger partial charge in [0.15, 0.2) is 0 Å². The lowest BCUT2D eigenvalue weighted by molar-refractivity contribution is 0.482. The van der Waals surface area contributed by atoms with E-state index in [0.29, 0.717) is 0 Å². The molecule has 0 saturated heterocycles. The molecule has 0 unspecified atom stereocenters. The first-order chi connectivity index (χ1) is 10.2. The van der Waals surface area contributed by atoms with Crippen molar-refractivity contribution in [3.8, 4) is 22.9 Å². The Kier molecular flexibility index (Phi) is 3.60. The van der Waals surface area contributed by atoms with Gasteiger partial charge in [-0.15, -0.1) is 0 Å². The quantitative estimate of drug-likeness (QED) is 0.751. The van der Waals surface area contributed by atoms with Crippen molar-refractivity contribution < 1.29 is 4.74 Å². The zero-order valence-corrected chi connectivity index (χ0v) is 12.1. The Morgan fingerprint density at radius 3 is 2.52 bits per heavy atom. The van der Waals surface area contributed by atoms with Crippen LogP contribution in [0.25, 0.3) is 11.4 Å². The molecule has 1 aromatic carbocycles. The molecule has 0 spiro atoms. The summed E-state index contributed by atoms with van der Waals surface area (Å²) < 4.78 is 5.87. The van der Waals surface area contributed by atoms with Gasteiger partial charge in [0, 0.05) is 31.2 Å². The van der Waals surface area contributed by atoms with Crippen LogP contribution in [0.15, 0.2) is 54.9 Å². The molecule has 21 heavy (non-hydrogen) atoms. The average molecular weight is 279 g/mol. The molecule has 0 amide bonds. The predicted octanol–water partition coefficient (Wildman–Crippen LogP) is 4.22. The number of benzene rings is 1. The first kappa shape index (κ1) is 13.2. The van der Waals surface area contributed by atoms with E-state index in [9.17, 15) is 0 Å². The van der Waals surface area contributed by atoms with Gasteiger partial charge >= 0.3 is 0 Å². The Bertz CT molecular complexity index is 732. The summed E-state index contributed by atoms with van der Waals surface area (Å²) in [6, 6.07) is 13.7. The molecule has 0 atom stereocenters. The number of rotatable bonds is 4. The Morgan fingerprint density at radius 1 is 1.05 bits per heavy atom. The Hall–Kier alpha value is -2.75. The Morgan fingerprint density at radius 2 is 1.86 bits per heavy atom. The van der Waals surface area contributed by atoms with Crippen LogP contribution >= 0.6 is 0 Å². The number of H-pyrrole nitrogens is 1. The monoisotopic (exact) mass is 279 g/mol. The number of nitrogens with zero attached hydrogens (tertiary/aromatic N) is 1. The van der Waals surface area contributed by atoms with Gasteiger partial charge in [0.25, 0.3) is 0 Å². The summed E-state index contributed by atoms with van der Waals surface area (Å²) in [6.07, 6.45) is 3.71. The van der Waals surface area contributed by atoms with Crippen LogP contribution in [-0.4, -0.2) is 17.0 Å². The normalized spacial score (nSPS) is 10.4. The lowest BCUT2D eigenvalue weighted by Gasteiger charge is -2.07. The van der Waals surface area contributed by atoms with Crippen LogP contribution in [0.1, 0.15) is 5.56 Å². The smallest absolute Gasteiger partial charge is 0.131 e. The number of nitrogens with one attached hydrogen (secondary N) is 2. The van der Waals surface area contributed by atoms with Gasteiger partial charge in [-0.25, -0.2) is 0 Å². The maximum Gasteiger partial charge on any atom is 0.131 e. The van der Waals surface area contributed by atoms with Crippen molar-refractivity contribution in [2.75, 3.05) is 12.4 Å². The summed E-state index contributed by atoms with van der Waals surface area (Å²) in [5.41, 5.74) is 4.09. The van der Waals surface area contributed by atoms with Gasteiger partial charge in [-0.1, -0.05) is 0 Å². The maximum atomic E-state index is 5.87. The third kappa shape index (κ3) is 3.05. The second-order valence-electron chi connectivity index (χ2n) is 4.84. The van der Waals surface area contributed by atoms with Crippen molar-refractivity contribution in [2.45, 2.75) is 6.92 Å². The molecule has 106 valence electrons. The minimum atomic E-state index is 0.768. The highest BCUT2D eigenvalue weighted by Crippen LogP contribution is 2.26. The highest BCUT2D eigenvalue weighted by atomic mass is 16.5. The van der Waals surface area contributed by atoms with Gasteiger partial charge in [0.1, 0.15) is 11.5 Å². The van der Waals surface area contributed by atoms with Crippen LogP contribution in [-0.2, 0) is 0 Å². The largest absolute Gasteiger partial charge is 0.457 e. The van der Waals surface area contributed by atoms with Gasteiger partial charge < -0.3 is 15.0 Å². The van der Waals surface area contributed by atoms with E-state index >= 15 is 0 Å². The molecule has 0 bridgehead atoms. The van der Waals surface area contributed by atoms with Crippen molar-refractivity contribution in [1.82, 2.24) is 9.97 Å². The van der Waals surface area contributed by atoms with Crippen LogP contribution in [0.2, 0.25) is 0 Å². The number of ether oxygens (including phenoxy) is 1. The molecule has 2 aromatic heterocycles. The molecule has 2 N–H and O–H groups in total. The fourth-order valence-corrected chi connectivity index (χ4v) is 2.10. The van der Waals surface area contributed by atoms with Crippen molar-refractivity contribution in [3.63, 3.8) is 0 Å². The van der Waals surface area contributed by atoms with Crippen LogP contribution in [0, 0.1) is 6.92 Å². The van der Waals surface area contributed by atoms with E-state index in [1.807, 2.05) is 56.6 Å². The summed E-state index contributed by atoms with van der Waals surface area (Å²) in [5.74, 6) is 1.57. The lowest BCUT2D eigenvalue weighted by Crippen LogP contribution is -1.89. The van der Waals surface area contributed by atoms with E-state index in [4.69, 9.17) is 4.74 Å². The van der Waals surface area contributed by atoms with Crippen LogP contribution in [0.5, 0.6) is 11.5 Å². The predicted molar refractivity (Wildman–Crippen MR) is 84.8 cm³/mol. The number of aromatic amines is 1. The van der Waals surface area contributed by atoms with E-state index in [-0.39, 0.29) is 0 Å². The SMILES string of the molecule is CNc1ccc(Oc2ccnc(-c3cc(C)c[nH]3)c2)cc1. The maximum absolute atomic E-state index is 5.87. The summed E-state index contributed by atoms with van der Waals surface area (Å²) >= 11 is 0. The van der Waals surface area contributed by atoms with Gasteiger partial charge in [-0.05, 0) is 48.9 Å². The fraction of sp³-hybridized carbons (Fsp3) is 0.118. The molecule has 0 saturated carbocycles. The number of aryl methyl sites for hydroxylation is 1. The number of aromatic nitrogens is 2. The van der Waals surface area contributed by atoms with E-state index in [2.05, 4.69) is 21.4 Å². The molecule has 2 heterocycles. The van der Waals surface area contributed by atoms with Crippen LogP contribution in [0.3, 0.4) is 0 Å². The van der Waals surface area contributed by atoms with Crippen molar-refractivity contribution in [3.05, 3.63) is 60.4 Å². The number of pyridine rings is 1. The first-order valence-electron chi connectivity index (χ1n) is 6.82. The minimum absolute atomic E-state index is 0.768. The number of hydrogen-bond donors (Lipinski definition) is 2. The molecular weight excluding hydrogens is 262 g/mol. The minimum Gasteiger partial charge on any atom is -0.457 e. The standard InChI is InChI=1S/C17H17N3O/c1-12-9-16(20-11-12)17-10-15(7-8-19-17)21-14-5-3-13(18-2)4-6-14/h3-11,18,20H,1-2H3. The zero-order valence-electron chi connectivity index (χ0n) is 12.1. The fourth-order valence-electron chi connectivity index (χ4n) is 2.10. The summed E-state index contributed by atoms with van der Waals surface area (Å²) in [4.78, 5) is 7.57. The van der Waals surface area contributed by atoms with Crippen molar-refractivity contribution in [2.24, 2.45) is 0 Å². The lowest BCUT2D eigenvalue weighted by atomic mass is 10.2. The molecule has 0 fully saturated rings. The summed E-state index contributed by atoms with van der Waals surface area (Å²) in [6.45, 7) is 2.05. The molecule has 0 aliphatic rings. The van der Waals surface area contributed by atoms with Gasteiger partial charge in [-0.2, -0.15) is 0 Å². The first-order valence-corrected chi connectivity index (χ1v) is 6.82. The highest BCUT2D eigenvalue weighted by molar-refractivity contribution is 5.57. The molecule has 0 aliphatic heterocycles.